The highest BCUT2D eigenvalue weighted by Crippen LogP contribution is 2.21. The van der Waals surface area contributed by atoms with E-state index in [1.54, 1.807) is 19.9 Å². The molecule has 0 saturated carbocycles. The number of sulfonamides is 1. The second-order valence-corrected chi connectivity index (χ2v) is 5.79. The SMILES string of the molecule is C=CCN(CCC)S(=O)(=O)c1c(C)n[nH]c1C. The van der Waals surface area contributed by atoms with Gasteiger partial charge in [0, 0.05) is 13.1 Å². The molecule has 5 nitrogen and oxygen atoms in total. The summed E-state index contributed by atoms with van der Waals surface area (Å²) in [6.07, 6.45) is 2.36. The van der Waals surface area contributed by atoms with Crippen molar-refractivity contribution in [3.05, 3.63) is 24.0 Å². The van der Waals surface area contributed by atoms with Crippen LogP contribution in [0.25, 0.3) is 0 Å². The van der Waals surface area contributed by atoms with E-state index in [1.165, 1.54) is 4.31 Å². The van der Waals surface area contributed by atoms with Crippen LogP contribution < -0.4 is 0 Å². The van der Waals surface area contributed by atoms with Crippen molar-refractivity contribution in [2.24, 2.45) is 0 Å². The predicted octanol–water partition coefficient (Wildman–Crippen LogP) is 1.61. The Bertz CT molecular complexity index is 471. The van der Waals surface area contributed by atoms with Crippen molar-refractivity contribution in [2.45, 2.75) is 32.1 Å². The minimum absolute atomic E-state index is 0.285. The molecule has 0 atom stereocenters. The molecule has 17 heavy (non-hydrogen) atoms. The van der Waals surface area contributed by atoms with Crippen molar-refractivity contribution in [2.75, 3.05) is 13.1 Å². The smallest absolute Gasteiger partial charge is 0.247 e. The fourth-order valence-corrected chi connectivity index (χ4v) is 3.59. The Hall–Kier alpha value is -1.14. The Balaban J connectivity index is 3.20. The van der Waals surface area contributed by atoms with Crippen molar-refractivity contribution in [1.82, 2.24) is 14.5 Å². The summed E-state index contributed by atoms with van der Waals surface area (Å²) in [6, 6.07) is 0. The molecular formula is C11H19N3O2S. The van der Waals surface area contributed by atoms with Gasteiger partial charge in [0.05, 0.1) is 11.4 Å². The van der Waals surface area contributed by atoms with Crippen molar-refractivity contribution in [1.29, 1.82) is 0 Å². The average Bonchev–Trinajstić information content (AvgIpc) is 2.58. The first kappa shape index (κ1) is 13.9. The van der Waals surface area contributed by atoms with E-state index in [9.17, 15) is 8.42 Å². The number of aromatic nitrogens is 2. The number of aryl methyl sites for hydroxylation is 2. The van der Waals surface area contributed by atoms with Gasteiger partial charge in [0.2, 0.25) is 10.0 Å². The fraction of sp³-hybridized carbons (Fsp3) is 0.545. The van der Waals surface area contributed by atoms with Crippen LogP contribution in [-0.2, 0) is 10.0 Å². The van der Waals surface area contributed by atoms with Crippen LogP contribution in [0.3, 0.4) is 0 Å². The van der Waals surface area contributed by atoms with Gasteiger partial charge in [-0.05, 0) is 20.3 Å². The molecule has 0 saturated heterocycles. The van der Waals surface area contributed by atoms with E-state index in [-0.39, 0.29) is 4.90 Å². The maximum absolute atomic E-state index is 12.4. The van der Waals surface area contributed by atoms with Gasteiger partial charge >= 0.3 is 0 Å². The number of aromatic amines is 1. The Morgan fingerprint density at radius 3 is 2.53 bits per heavy atom. The molecule has 1 aromatic rings. The van der Waals surface area contributed by atoms with Gasteiger partial charge in [0.15, 0.2) is 0 Å². The summed E-state index contributed by atoms with van der Waals surface area (Å²) in [5.74, 6) is 0. The van der Waals surface area contributed by atoms with E-state index in [2.05, 4.69) is 16.8 Å². The number of nitrogens with zero attached hydrogens (tertiary/aromatic N) is 2. The van der Waals surface area contributed by atoms with E-state index in [0.29, 0.717) is 24.5 Å². The van der Waals surface area contributed by atoms with E-state index in [0.717, 1.165) is 6.42 Å². The number of hydrogen-bond donors (Lipinski definition) is 1. The summed E-state index contributed by atoms with van der Waals surface area (Å²) in [5, 5.41) is 6.63. The quantitative estimate of drug-likeness (QED) is 0.787. The standard InChI is InChI=1S/C11H19N3O2S/c1-5-7-14(8-6-2)17(15,16)11-9(3)12-13-10(11)4/h5H,1,6-8H2,2-4H3,(H,12,13). The molecule has 0 aliphatic carbocycles. The Kier molecular flexibility index (Phi) is 4.47. The lowest BCUT2D eigenvalue weighted by Crippen LogP contribution is -2.32. The fourth-order valence-electron chi connectivity index (χ4n) is 1.75. The van der Waals surface area contributed by atoms with E-state index < -0.39 is 10.0 Å². The summed E-state index contributed by atoms with van der Waals surface area (Å²) in [7, 11) is -3.48. The first-order valence-corrected chi connectivity index (χ1v) is 7.01. The highest BCUT2D eigenvalue weighted by atomic mass is 32.2. The topological polar surface area (TPSA) is 66.1 Å². The van der Waals surface area contributed by atoms with Gasteiger partial charge in [0.1, 0.15) is 4.90 Å². The lowest BCUT2D eigenvalue weighted by molar-refractivity contribution is 0.441. The van der Waals surface area contributed by atoms with Crippen molar-refractivity contribution in [3.63, 3.8) is 0 Å². The van der Waals surface area contributed by atoms with Crippen LogP contribution in [0.1, 0.15) is 24.7 Å². The van der Waals surface area contributed by atoms with Crippen LogP contribution in [0.4, 0.5) is 0 Å². The highest BCUT2D eigenvalue weighted by molar-refractivity contribution is 7.89. The number of nitrogens with one attached hydrogen (secondary N) is 1. The van der Waals surface area contributed by atoms with Crippen LogP contribution in [-0.4, -0.2) is 36.0 Å². The molecule has 0 amide bonds. The molecule has 0 aliphatic rings. The predicted molar refractivity (Wildman–Crippen MR) is 67.3 cm³/mol. The third kappa shape index (κ3) is 2.76. The Labute approximate surface area is 103 Å². The molecule has 0 spiro atoms. The minimum Gasteiger partial charge on any atom is -0.281 e. The molecule has 0 fully saturated rings. The van der Waals surface area contributed by atoms with Crippen molar-refractivity contribution >= 4 is 10.0 Å². The van der Waals surface area contributed by atoms with Crippen LogP contribution in [0.15, 0.2) is 17.6 Å². The number of hydrogen-bond acceptors (Lipinski definition) is 3. The van der Waals surface area contributed by atoms with Crippen molar-refractivity contribution in [3.8, 4) is 0 Å². The van der Waals surface area contributed by atoms with E-state index in [1.807, 2.05) is 6.92 Å². The van der Waals surface area contributed by atoms with Crippen LogP contribution in [0.2, 0.25) is 0 Å². The molecule has 1 heterocycles. The van der Waals surface area contributed by atoms with Gasteiger partial charge in [-0.15, -0.1) is 6.58 Å². The van der Waals surface area contributed by atoms with Crippen LogP contribution >= 0.6 is 0 Å². The molecule has 0 radical (unpaired) electrons. The zero-order chi connectivity index (χ0) is 13.1. The second-order valence-electron chi connectivity index (χ2n) is 3.91. The average molecular weight is 257 g/mol. The van der Waals surface area contributed by atoms with Crippen LogP contribution in [0.5, 0.6) is 0 Å². The summed E-state index contributed by atoms with van der Waals surface area (Å²) < 4.78 is 26.3. The zero-order valence-electron chi connectivity index (χ0n) is 10.5. The lowest BCUT2D eigenvalue weighted by Gasteiger charge is -2.19. The largest absolute Gasteiger partial charge is 0.281 e. The van der Waals surface area contributed by atoms with Gasteiger partial charge in [0.25, 0.3) is 0 Å². The molecule has 1 aromatic heterocycles. The first-order chi connectivity index (χ1) is 7.95. The molecule has 0 aromatic carbocycles. The molecule has 0 unspecified atom stereocenters. The number of H-pyrrole nitrogens is 1. The summed E-state index contributed by atoms with van der Waals surface area (Å²) in [6.45, 7) is 9.74. The van der Waals surface area contributed by atoms with Gasteiger partial charge in [-0.1, -0.05) is 13.0 Å². The summed E-state index contributed by atoms with van der Waals surface area (Å²) in [4.78, 5) is 0.285. The van der Waals surface area contributed by atoms with Gasteiger partial charge in [-0.25, -0.2) is 8.42 Å². The monoisotopic (exact) mass is 257 g/mol. The van der Waals surface area contributed by atoms with Crippen molar-refractivity contribution < 1.29 is 8.42 Å². The van der Waals surface area contributed by atoms with E-state index >= 15 is 0 Å². The lowest BCUT2D eigenvalue weighted by atomic mass is 10.4. The summed E-state index contributed by atoms with van der Waals surface area (Å²) in [5.41, 5.74) is 1.08. The molecule has 0 bridgehead atoms. The summed E-state index contributed by atoms with van der Waals surface area (Å²) >= 11 is 0. The van der Waals surface area contributed by atoms with Crippen LogP contribution in [0, 0.1) is 13.8 Å². The molecule has 1 N–H and O–H groups in total. The maximum Gasteiger partial charge on any atom is 0.247 e. The molecule has 96 valence electrons. The third-order valence-corrected chi connectivity index (χ3v) is 4.59. The van der Waals surface area contributed by atoms with Gasteiger partial charge in [-0.3, -0.25) is 5.10 Å². The Morgan fingerprint density at radius 2 is 2.12 bits per heavy atom. The highest BCUT2D eigenvalue weighted by Gasteiger charge is 2.28. The van der Waals surface area contributed by atoms with E-state index in [4.69, 9.17) is 0 Å². The maximum atomic E-state index is 12.4. The third-order valence-electron chi connectivity index (χ3n) is 2.46. The molecule has 0 aliphatic heterocycles. The zero-order valence-corrected chi connectivity index (χ0v) is 11.3. The molecular weight excluding hydrogens is 238 g/mol. The second kappa shape index (κ2) is 5.46. The van der Waals surface area contributed by atoms with Gasteiger partial charge < -0.3 is 0 Å². The minimum atomic E-state index is -3.48. The first-order valence-electron chi connectivity index (χ1n) is 5.57. The van der Waals surface area contributed by atoms with Gasteiger partial charge in [-0.2, -0.15) is 9.40 Å². The number of rotatable bonds is 6. The Morgan fingerprint density at radius 1 is 1.47 bits per heavy atom. The molecule has 1 rings (SSSR count). The molecule has 6 heteroatoms. The normalized spacial score (nSPS) is 12.0.